The van der Waals surface area contributed by atoms with Crippen LogP contribution >= 0.6 is 0 Å². The highest BCUT2D eigenvalue weighted by molar-refractivity contribution is 5.73. The van der Waals surface area contributed by atoms with Gasteiger partial charge >= 0.3 is 5.97 Å². The molecule has 0 aliphatic carbocycles. The number of carboxylic acids is 1. The molecule has 0 bridgehead atoms. The van der Waals surface area contributed by atoms with Gasteiger partial charge < -0.3 is 10.4 Å². The molecule has 1 unspecified atom stereocenters. The third kappa shape index (κ3) is 9.52. The first kappa shape index (κ1) is 15.9. The number of hydrogen-bond donors (Lipinski definition) is 2. The van der Waals surface area contributed by atoms with Crippen molar-refractivity contribution in [2.45, 2.75) is 58.9 Å². The average molecular weight is 203 g/mol. The van der Waals surface area contributed by atoms with Crippen LogP contribution in [-0.4, -0.2) is 24.2 Å². The van der Waals surface area contributed by atoms with Gasteiger partial charge in [-0.2, -0.15) is 0 Å². The van der Waals surface area contributed by atoms with Crippen LogP contribution in [0, 0.1) is 0 Å². The molecule has 0 aliphatic heterocycles. The summed E-state index contributed by atoms with van der Waals surface area (Å²) in [4.78, 5) is 10.5. The molecule has 3 heteroatoms. The van der Waals surface area contributed by atoms with Gasteiger partial charge in [0.05, 0.1) is 0 Å². The largest absolute Gasteiger partial charge is 0.480 e. The second kappa shape index (κ2) is 12.4. The van der Waals surface area contributed by atoms with Crippen molar-refractivity contribution in [3.63, 3.8) is 0 Å². The number of nitrogens with one attached hydrogen (secondary N) is 1. The lowest BCUT2D eigenvalue weighted by atomic mass is 10.1. The smallest absolute Gasteiger partial charge is 0.320 e. The predicted octanol–water partition coefficient (Wildman–Crippen LogP) is 2.66. The van der Waals surface area contributed by atoms with Gasteiger partial charge in [0, 0.05) is 0 Å². The zero-order chi connectivity index (χ0) is 11.4. The molecule has 86 valence electrons. The van der Waals surface area contributed by atoms with Crippen LogP contribution in [0.3, 0.4) is 0 Å². The van der Waals surface area contributed by atoms with E-state index in [-0.39, 0.29) is 6.04 Å². The summed E-state index contributed by atoms with van der Waals surface area (Å²) in [5.41, 5.74) is 0. The number of likely N-dealkylation sites (N-methyl/N-ethyl adjacent to an activating group) is 1. The minimum atomic E-state index is -0.742. The molecule has 0 saturated carbocycles. The van der Waals surface area contributed by atoms with Gasteiger partial charge in [-0.25, -0.2) is 0 Å². The van der Waals surface area contributed by atoms with Gasteiger partial charge in [-0.05, 0) is 13.5 Å². The normalized spacial score (nSPS) is 11.4. The fourth-order valence-electron chi connectivity index (χ4n) is 1.17. The van der Waals surface area contributed by atoms with Crippen molar-refractivity contribution in [3.8, 4) is 0 Å². The van der Waals surface area contributed by atoms with E-state index in [1.165, 1.54) is 12.8 Å². The summed E-state index contributed by atoms with van der Waals surface area (Å²) in [7, 11) is 1.69. The van der Waals surface area contributed by atoms with Gasteiger partial charge in [-0.1, -0.05) is 46.5 Å². The maximum atomic E-state index is 10.5. The van der Waals surface area contributed by atoms with E-state index in [1.807, 2.05) is 13.8 Å². The highest BCUT2D eigenvalue weighted by atomic mass is 16.4. The van der Waals surface area contributed by atoms with Gasteiger partial charge in [0.2, 0.25) is 0 Å². The topological polar surface area (TPSA) is 49.3 Å². The maximum Gasteiger partial charge on any atom is 0.320 e. The summed E-state index contributed by atoms with van der Waals surface area (Å²) in [6.07, 6.45) is 5.28. The molecule has 3 nitrogen and oxygen atoms in total. The van der Waals surface area contributed by atoms with Crippen molar-refractivity contribution < 1.29 is 9.90 Å². The Bertz CT molecular complexity index is 126. The number of unbranched alkanes of at least 4 members (excludes halogenated alkanes) is 3. The highest BCUT2D eigenvalue weighted by Gasteiger charge is 2.12. The number of rotatable bonds is 7. The third-order valence-electron chi connectivity index (χ3n) is 1.99. The van der Waals surface area contributed by atoms with Crippen LogP contribution in [0.25, 0.3) is 0 Å². The minimum Gasteiger partial charge on any atom is -0.480 e. The molecule has 0 rings (SSSR count). The van der Waals surface area contributed by atoms with Gasteiger partial charge in [0.1, 0.15) is 6.04 Å². The van der Waals surface area contributed by atoms with E-state index in [9.17, 15) is 4.79 Å². The summed E-state index contributed by atoms with van der Waals surface area (Å²) < 4.78 is 0. The van der Waals surface area contributed by atoms with Crippen LogP contribution in [0.2, 0.25) is 0 Å². The molecule has 0 aromatic rings. The van der Waals surface area contributed by atoms with E-state index in [0.717, 1.165) is 19.3 Å². The van der Waals surface area contributed by atoms with Crippen molar-refractivity contribution >= 4 is 5.97 Å². The summed E-state index contributed by atoms with van der Waals surface area (Å²) in [5, 5.41) is 11.4. The Morgan fingerprint density at radius 3 is 2.21 bits per heavy atom. The quantitative estimate of drug-likeness (QED) is 0.625. The molecular formula is C11H25NO2. The average Bonchev–Trinajstić information content (AvgIpc) is 2.20. The summed E-state index contributed by atoms with van der Waals surface area (Å²) in [6.45, 7) is 6.15. The van der Waals surface area contributed by atoms with Crippen molar-refractivity contribution in [2.75, 3.05) is 7.05 Å². The fourth-order valence-corrected chi connectivity index (χ4v) is 1.17. The first-order valence-corrected chi connectivity index (χ1v) is 5.62. The van der Waals surface area contributed by atoms with Gasteiger partial charge in [0.15, 0.2) is 0 Å². The molecule has 0 spiro atoms. The third-order valence-corrected chi connectivity index (χ3v) is 1.99. The Balaban J connectivity index is 0. The Morgan fingerprint density at radius 2 is 1.86 bits per heavy atom. The molecule has 0 aromatic heterocycles. The zero-order valence-corrected chi connectivity index (χ0v) is 9.97. The molecule has 0 amide bonds. The molecule has 0 saturated heterocycles. The minimum absolute atomic E-state index is 0.359. The lowest BCUT2D eigenvalue weighted by Crippen LogP contribution is -2.33. The van der Waals surface area contributed by atoms with Crippen molar-refractivity contribution in [1.82, 2.24) is 5.32 Å². The van der Waals surface area contributed by atoms with Crippen LogP contribution in [0.15, 0.2) is 0 Å². The van der Waals surface area contributed by atoms with Crippen LogP contribution < -0.4 is 5.32 Å². The van der Waals surface area contributed by atoms with E-state index in [1.54, 1.807) is 7.05 Å². The first-order chi connectivity index (χ1) is 6.72. The predicted molar refractivity (Wildman–Crippen MR) is 60.6 cm³/mol. The second-order valence-electron chi connectivity index (χ2n) is 3.03. The van der Waals surface area contributed by atoms with E-state index < -0.39 is 5.97 Å². The zero-order valence-electron chi connectivity index (χ0n) is 9.97. The molecule has 2 N–H and O–H groups in total. The monoisotopic (exact) mass is 203 g/mol. The van der Waals surface area contributed by atoms with Crippen molar-refractivity contribution in [2.24, 2.45) is 0 Å². The van der Waals surface area contributed by atoms with Crippen LogP contribution in [0.1, 0.15) is 52.9 Å². The summed E-state index contributed by atoms with van der Waals surface area (Å²) >= 11 is 0. The number of carbonyl (C=O) groups is 1. The van der Waals surface area contributed by atoms with E-state index >= 15 is 0 Å². The standard InChI is InChI=1S/C9H19NO2.C2H6/c1-3-4-5-6-7-8(10-2)9(11)12;1-2/h8,10H,3-7H2,1-2H3,(H,11,12);1-2H3. The van der Waals surface area contributed by atoms with E-state index in [0.29, 0.717) is 0 Å². The molecule has 0 heterocycles. The van der Waals surface area contributed by atoms with Crippen LogP contribution in [0.4, 0.5) is 0 Å². The summed E-state index contributed by atoms with van der Waals surface area (Å²) in [5.74, 6) is -0.742. The highest BCUT2D eigenvalue weighted by Crippen LogP contribution is 2.05. The van der Waals surface area contributed by atoms with Crippen LogP contribution in [-0.2, 0) is 4.79 Å². The van der Waals surface area contributed by atoms with Crippen molar-refractivity contribution in [1.29, 1.82) is 0 Å². The van der Waals surface area contributed by atoms with Gasteiger partial charge in [0.25, 0.3) is 0 Å². The SMILES string of the molecule is CC.CCCCCCC(NC)C(=O)O. The Labute approximate surface area is 87.9 Å². The number of hydrogen-bond acceptors (Lipinski definition) is 2. The molecule has 0 aromatic carbocycles. The maximum absolute atomic E-state index is 10.5. The first-order valence-electron chi connectivity index (χ1n) is 5.62. The lowest BCUT2D eigenvalue weighted by Gasteiger charge is -2.09. The number of carboxylic acid groups (broad SMARTS) is 1. The molecule has 0 radical (unpaired) electrons. The fraction of sp³-hybridized carbons (Fsp3) is 0.909. The van der Waals surface area contributed by atoms with Gasteiger partial charge in [-0.15, -0.1) is 0 Å². The van der Waals surface area contributed by atoms with E-state index in [4.69, 9.17) is 5.11 Å². The van der Waals surface area contributed by atoms with Crippen LogP contribution in [0.5, 0.6) is 0 Å². The molecule has 14 heavy (non-hydrogen) atoms. The molecule has 0 aliphatic rings. The molecule has 1 atom stereocenters. The van der Waals surface area contributed by atoms with Crippen molar-refractivity contribution in [3.05, 3.63) is 0 Å². The molecule has 0 fully saturated rings. The number of aliphatic carboxylic acids is 1. The Kier molecular flexibility index (Phi) is 14.1. The lowest BCUT2D eigenvalue weighted by molar-refractivity contribution is -0.139. The summed E-state index contributed by atoms with van der Waals surface area (Å²) in [6, 6.07) is -0.359. The van der Waals surface area contributed by atoms with E-state index in [2.05, 4.69) is 12.2 Å². The van der Waals surface area contributed by atoms with Gasteiger partial charge in [-0.3, -0.25) is 4.79 Å². The second-order valence-corrected chi connectivity index (χ2v) is 3.03. The Hall–Kier alpha value is -0.570. The molecular weight excluding hydrogens is 178 g/mol. The Morgan fingerprint density at radius 1 is 1.29 bits per heavy atom.